The third kappa shape index (κ3) is 4.48. The fraction of sp³-hybridized carbons (Fsp3) is 0.200. The largest absolute Gasteiger partial charge is 0.416 e. The van der Waals surface area contributed by atoms with Gasteiger partial charge in [-0.2, -0.15) is 13.2 Å². The molecule has 0 spiro atoms. The van der Waals surface area contributed by atoms with Crippen molar-refractivity contribution in [1.82, 2.24) is 4.90 Å². The van der Waals surface area contributed by atoms with Crippen LogP contribution in [0.4, 0.5) is 24.5 Å². The lowest BCUT2D eigenvalue weighted by Gasteiger charge is -2.33. The quantitative estimate of drug-likeness (QED) is 0.457. The van der Waals surface area contributed by atoms with Crippen LogP contribution in [-0.2, 0) is 17.5 Å². The van der Waals surface area contributed by atoms with Gasteiger partial charge in [-0.05, 0) is 48.4 Å². The van der Waals surface area contributed by atoms with Crippen LogP contribution in [0.15, 0.2) is 76.5 Å². The number of benzene rings is 3. The van der Waals surface area contributed by atoms with Gasteiger partial charge in [0.15, 0.2) is 0 Å². The van der Waals surface area contributed by atoms with Gasteiger partial charge in [-0.25, -0.2) is 0 Å². The minimum atomic E-state index is -4.39. The van der Waals surface area contributed by atoms with E-state index < -0.39 is 11.7 Å². The number of nitrogens with zero attached hydrogens (tertiary/aromatic N) is 2. The highest BCUT2D eigenvalue weighted by atomic mass is 32.2. The molecule has 0 atom stereocenters. The molecule has 0 radical (unpaired) electrons. The number of hydrogen-bond donors (Lipinski definition) is 0. The van der Waals surface area contributed by atoms with Gasteiger partial charge in [-0.15, -0.1) is 0 Å². The summed E-state index contributed by atoms with van der Waals surface area (Å²) in [7, 11) is 0. The summed E-state index contributed by atoms with van der Waals surface area (Å²) in [6.07, 6.45) is -3.75. The summed E-state index contributed by atoms with van der Waals surface area (Å²) in [4.78, 5) is 26.2. The van der Waals surface area contributed by atoms with E-state index in [0.717, 1.165) is 32.7 Å². The molecule has 3 aromatic carbocycles. The molecule has 170 valence electrons. The Morgan fingerprint density at radius 3 is 2.33 bits per heavy atom. The Balaban J connectivity index is 0.00000126. The van der Waals surface area contributed by atoms with E-state index in [9.17, 15) is 18.0 Å². The van der Waals surface area contributed by atoms with Gasteiger partial charge < -0.3 is 14.6 Å². The predicted molar refractivity (Wildman–Crippen MR) is 122 cm³/mol. The second kappa shape index (κ2) is 9.31. The van der Waals surface area contributed by atoms with Crippen LogP contribution in [0.5, 0.6) is 0 Å². The lowest BCUT2D eigenvalue weighted by molar-refractivity contribution is -0.137. The van der Waals surface area contributed by atoms with Gasteiger partial charge in [0.1, 0.15) is 6.79 Å². The molecule has 0 saturated heterocycles. The molecule has 0 aromatic heterocycles. The van der Waals surface area contributed by atoms with Crippen LogP contribution >= 0.6 is 11.8 Å². The number of rotatable bonds is 4. The zero-order valence-electron chi connectivity index (χ0n) is 17.6. The molecule has 4 nitrogen and oxygen atoms in total. The van der Waals surface area contributed by atoms with Crippen molar-refractivity contribution < 1.29 is 22.8 Å². The summed E-state index contributed by atoms with van der Waals surface area (Å²) in [6.45, 7) is 3.65. The average Bonchev–Trinajstić information content (AvgIpc) is 3.14. The van der Waals surface area contributed by atoms with Crippen molar-refractivity contribution in [1.29, 1.82) is 0 Å². The van der Waals surface area contributed by atoms with Crippen LogP contribution in [0.3, 0.4) is 0 Å². The molecule has 2 heterocycles. The lowest BCUT2D eigenvalue weighted by atomic mass is 10.1. The third-order valence-corrected chi connectivity index (χ3v) is 6.79. The summed E-state index contributed by atoms with van der Waals surface area (Å²) in [5.41, 5.74) is 2.57. The van der Waals surface area contributed by atoms with Crippen molar-refractivity contribution in [3.05, 3.63) is 83.4 Å². The standard InChI is InChI=1S/C24H19F3N2OS.CH2O/c25-24(26,27)17-10-11-22-20(14-17)29(19-8-3-4-9-21(19)31-22)13-5-12-28-15-16-6-1-2-7-18(16)23(28)30;1-2/h1-4,6-11,14H,5,12-13,15H2;1H2. The molecule has 0 unspecified atom stereocenters. The van der Waals surface area contributed by atoms with Gasteiger partial charge >= 0.3 is 6.18 Å². The third-order valence-electron chi connectivity index (χ3n) is 5.66. The number of fused-ring (bicyclic) bond motifs is 3. The number of hydrogen-bond acceptors (Lipinski definition) is 4. The molecule has 3 aromatic rings. The molecule has 5 rings (SSSR count). The highest BCUT2D eigenvalue weighted by Gasteiger charge is 2.33. The van der Waals surface area contributed by atoms with Gasteiger partial charge in [0.05, 0.1) is 16.9 Å². The Kier molecular flexibility index (Phi) is 6.47. The summed E-state index contributed by atoms with van der Waals surface area (Å²) < 4.78 is 40.0. The van der Waals surface area contributed by atoms with Crippen molar-refractivity contribution in [2.75, 3.05) is 18.0 Å². The van der Waals surface area contributed by atoms with E-state index in [-0.39, 0.29) is 5.91 Å². The molecule has 8 heteroatoms. The van der Waals surface area contributed by atoms with Crippen LogP contribution in [-0.4, -0.2) is 30.7 Å². The van der Waals surface area contributed by atoms with Gasteiger partial charge in [-0.1, -0.05) is 42.1 Å². The minimum Gasteiger partial charge on any atom is -0.340 e. The van der Waals surface area contributed by atoms with Crippen molar-refractivity contribution in [3.8, 4) is 0 Å². The van der Waals surface area contributed by atoms with Gasteiger partial charge in [-0.3, -0.25) is 4.79 Å². The van der Waals surface area contributed by atoms with Crippen LogP contribution in [0.25, 0.3) is 0 Å². The smallest absolute Gasteiger partial charge is 0.340 e. The van der Waals surface area contributed by atoms with Crippen molar-refractivity contribution in [2.24, 2.45) is 0 Å². The summed E-state index contributed by atoms with van der Waals surface area (Å²) in [5.74, 6) is 0.0185. The first-order valence-corrected chi connectivity index (χ1v) is 11.2. The molecule has 2 aliphatic rings. The number of amides is 1. The molecular weight excluding hydrogens is 449 g/mol. The predicted octanol–water partition coefficient (Wildman–Crippen LogP) is 6.17. The van der Waals surface area contributed by atoms with Crippen molar-refractivity contribution in [2.45, 2.75) is 28.9 Å². The van der Waals surface area contributed by atoms with Crippen molar-refractivity contribution >= 4 is 35.8 Å². The number of carbonyl (C=O) groups excluding carboxylic acids is 2. The highest BCUT2D eigenvalue weighted by Crippen LogP contribution is 2.49. The van der Waals surface area contributed by atoms with Crippen LogP contribution < -0.4 is 4.90 Å². The number of carbonyl (C=O) groups is 2. The molecule has 0 fully saturated rings. The van der Waals surface area contributed by atoms with E-state index in [1.54, 1.807) is 6.07 Å². The first-order valence-electron chi connectivity index (χ1n) is 10.3. The minimum absolute atomic E-state index is 0.0185. The number of para-hydroxylation sites is 1. The first kappa shape index (κ1) is 22.9. The number of anilines is 2. The normalized spacial score (nSPS) is 14.2. The Hall–Kier alpha value is -3.26. The van der Waals surface area contributed by atoms with Crippen LogP contribution in [0, 0.1) is 0 Å². The highest BCUT2D eigenvalue weighted by molar-refractivity contribution is 7.99. The maximum absolute atomic E-state index is 13.3. The monoisotopic (exact) mass is 470 g/mol. The van der Waals surface area contributed by atoms with Crippen LogP contribution in [0.2, 0.25) is 0 Å². The maximum atomic E-state index is 13.3. The first-order chi connectivity index (χ1) is 15.9. The van der Waals surface area contributed by atoms with Crippen molar-refractivity contribution in [3.63, 3.8) is 0 Å². The molecule has 33 heavy (non-hydrogen) atoms. The molecule has 0 saturated carbocycles. The SMILES string of the molecule is C=O.O=C1c2ccccc2CN1CCCN1c2ccccc2Sc2ccc(C(F)(F)F)cc21. The molecule has 0 bridgehead atoms. The molecule has 0 N–H and O–H groups in total. The molecule has 1 amide bonds. The fourth-order valence-corrected chi connectivity index (χ4v) is 5.24. The topological polar surface area (TPSA) is 40.6 Å². The van der Waals surface area contributed by atoms with E-state index in [2.05, 4.69) is 0 Å². The maximum Gasteiger partial charge on any atom is 0.416 e. The molecule has 0 aliphatic carbocycles. The summed E-state index contributed by atoms with van der Waals surface area (Å²) in [5, 5.41) is 0. The van der Waals surface area contributed by atoms with E-state index in [4.69, 9.17) is 4.79 Å². The van der Waals surface area contributed by atoms with E-state index in [1.807, 2.05) is 65.1 Å². The second-order valence-corrected chi connectivity index (χ2v) is 8.72. The summed E-state index contributed by atoms with van der Waals surface area (Å²) >= 11 is 1.48. The fourth-order valence-electron chi connectivity index (χ4n) is 4.16. The Bertz CT molecular complexity index is 1180. The second-order valence-electron chi connectivity index (χ2n) is 7.64. The van der Waals surface area contributed by atoms with Gasteiger partial charge in [0.2, 0.25) is 0 Å². The summed E-state index contributed by atoms with van der Waals surface area (Å²) in [6, 6.07) is 19.2. The van der Waals surface area contributed by atoms with Crippen LogP contribution in [0.1, 0.15) is 27.9 Å². The van der Waals surface area contributed by atoms with E-state index in [0.29, 0.717) is 31.7 Å². The Labute approximate surface area is 194 Å². The van der Waals surface area contributed by atoms with Gasteiger partial charge in [0.25, 0.3) is 5.91 Å². The van der Waals surface area contributed by atoms with E-state index in [1.165, 1.54) is 17.8 Å². The Morgan fingerprint density at radius 2 is 1.58 bits per heavy atom. The average molecular weight is 471 g/mol. The van der Waals surface area contributed by atoms with Gasteiger partial charge in [0, 0.05) is 35.0 Å². The zero-order chi connectivity index (χ0) is 23.6. The Morgan fingerprint density at radius 1 is 0.879 bits per heavy atom. The molecule has 2 aliphatic heterocycles. The molecular formula is C25H21F3N2O2S. The van der Waals surface area contributed by atoms with E-state index >= 15 is 0 Å². The lowest BCUT2D eigenvalue weighted by Crippen LogP contribution is -2.29. The zero-order valence-corrected chi connectivity index (χ0v) is 18.5. The number of alkyl halides is 3. The number of halogens is 3.